The number of pyridine rings is 1. The zero-order chi connectivity index (χ0) is 14.1. The van der Waals surface area contributed by atoms with E-state index in [1.807, 2.05) is 12.1 Å². The molecule has 4 nitrogen and oxygen atoms in total. The molecule has 0 radical (unpaired) electrons. The first kappa shape index (κ1) is 12.3. The molecule has 4 rings (SSSR count). The third kappa shape index (κ3) is 2.36. The molecule has 0 bridgehead atoms. The van der Waals surface area contributed by atoms with Gasteiger partial charge in [-0.2, -0.15) is 0 Å². The topological polar surface area (TPSA) is 41.1 Å². The summed E-state index contributed by atoms with van der Waals surface area (Å²) in [6.45, 7) is 1.68. The van der Waals surface area contributed by atoms with Crippen molar-refractivity contribution in [3.05, 3.63) is 59.7 Å². The van der Waals surface area contributed by atoms with Crippen molar-refractivity contribution in [1.82, 2.24) is 9.97 Å². The van der Waals surface area contributed by atoms with Crippen molar-refractivity contribution in [1.29, 1.82) is 0 Å². The molecule has 3 heterocycles. The number of anilines is 2. The Balaban J connectivity index is 1.60. The lowest BCUT2D eigenvalue weighted by atomic mass is 10.1. The summed E-state index contributed by atoms with van der Waals surface area (Å²) in [5.41, 5.74) is 3.65. The number of rotatable bonds is 2. The summed E-state index contributed by atoms with van der Waals surface area (Å²) in [5.74, 6) is 1.02. The summed E-state index contributed by atoms with van der Waals surface area (Å²) in [6.07, 6.45) is 3.60. The molecular weight excluding hydrogens is 280 g/mol. The molecule has 0 spiro atoms. The average Bonchev–Trinajstić information content (AvgIpc) is 3.05. The Labute approximate surface area is 127 Å². The number of benzene rings is 1. The first-order valence-corrected chi connectivity index (χ1v) is 7.71. The highest BCUT2D eigenvalue weighted by Gasteiger charge is 2.17. The van der Waals surface area contributed by atoms with Crippen LogP contribution in [0, 0.1) is 0 Å². The standard InChI is InChI=1S/C16H14N4S/c1-2-4-14-13(3-1)9-20(11-18-14)15-10-21-16(19-15)12-5-7-17-8-6-12/h1-8,10,18H,9,11H2. The van der Waals surface area contributed by atoms with Crippen molar-refractivity contribution in [2.45, 2.75) is 6.54 Å². The molecule has 0 unspecified atom stereocenters. The van der Waals surface area contributed by atoms with Gasteiger partial charge in [-0.05, 0) is 23.8 Å². The van der Waals surface area contributed by atoms with Gasteiger partial charge >= 0.3 is 0 Å². The fourth-order valence-corrected chi connectivity index (χ4v) is 3.31. The Kier molecular flexibility index (Phi) is 3.05. The summed E-state index contributed by atoms with van der Waals surface area (Å²) in [6, 6.07) is 12.4. The monoisotopic (exact) mass is 294 g/mol. The normalized spacial score (nSPS) is 13.6. The number of para-hydroxylation sites is 1. The highest BCUT2D eigenvalue weighted by molar-refractivity contribution is 7.13. The molecule has 0 atom stereocenters. The van der Waals surface area contributed by atoms with Crippen molar-refractivity contribution in [2.75, 3.05) is 16.9 Å². The van der Waals surface area contributed by atoms with Gasteiger partial charge in [-0.1, -0.05) is 18.2 Å². The average molecular weight is 294 g/mol. The van der Waals surface area contributed by atoms with Crippen LogP contribution in [-0.4, -0.2) is 16.6 Å². The predicted molar refractivity (Wildman–Crippen MR) is 86.5 cm³/mol. The highest BCUT2D eigenvalue weighted by Crippen LogP contribution is 2.30. The van der Waals surface area contributed by atoms with Crippen LogP contribution in [0.25, 0.3) is 10.6 Å². The third-order valence-electron chi connectivity index (χ3n) is 3.58. The van der Waals surface area contributed by atoms with E-state index in [1.54, 1.807) is 23.7 Å². The van der Waals surface area contributed by atoms with E-state index in [0.29, 0.717) is 0 Å². The summed E-state index contributed by atoms with van der Waals surface area (Å²) in [4.78, 5) is 11.1. The minimum Gasteiger partial charge on any atom is -0.367 e. The lowest BCUT2D eigenvalue weighted by Gasteiger charge is -2.29. The Hall–Kier alpha value is -2.40. The number of fused-ring (bicyclic) bond motifs is 1. The molecule has 104 valence electrons. The maximum absolute atomic E-state index is 4.75. The van der Waals surface area contributed by atoms with Crippen molar-refractivity contribution >= 4 is 22.8 Å². The number of aromatic nitrogens is 2. The molecule has 1 N–H and O–H groups in total. The van der Waals surface area contributed by atoms with Crippen molar-refractivity contribution in [3.8, 4) is 10.6 Å². The predicted octanol–water partition coefficient (Wildman–Crippen LogP) is 3.59. The van der Waals surface area contributed by atoms with Crippen molar-refractivity contribution in [3.63, 3.8) is 0 Å². The van der Waals surface area contributed by atoms with Gasteiger partial charge in [0.2, 0.25) is 0 Å². The van der Waals surface area contributed by atoms with E-state index in [2.05, 4.69) is 44.8 Å². The van der Waals surface area contributed by atoms with Gasteiger partial charge in [0.25, 0.3) is 0 Å². The molecule has 0 aliphatic carbocycles. The van der Waals surface area contributed by atoms with Gasteiger partial charge < -0.3 is 10.2 Å². The van der Waals surface area contributed by atoms with Gasteiger partial charge in [-0.15, -0.1) is 11.3 Å². The van der Waals surface area contributed by atoms with E-state index in [-0.39, 0.29) is 0 Å². The van der Waals surface area contributed by atoms with E-state index < -0.39 is 0 Å². The Morgan fingerprint density at radius 3 is 2.86 bits per heavy atom. The molecule has 3 aromatic rings. The van der Waals surface area contributed by atoms with Crippen LogP contribution in [0.5, 0.6) is 0 Å². The van der Waals surface area contributed by atoms with E-state index in [9.17, 15) is 0 Å². The van der Waals surface area contributed by atoms with Crippen LogP contribution < -0.4 is 10.2 Å². The van der Waals surface area contributed by atoms with Crippen LogP contribution in [0.15, 0.2) is 54.2 Å². The summed E-state index contributed by atoms with van der Waals surface area (Å²) in [5, 5.41) is 6.59. The summed E-state index contributed by atoms with van der Waals surface area (Å²) in [7, 11) is 0. The van der Waals surface area contributed by atoms with Crippen LogP contribution in [-0.2, 0) is 6.54 Å². The fraction of sp³-hybridized carbons (Fsp3) is 0.125. The molecule has 0 saturated heterocycles. The number of hydrogen-bond donors (Lipinski definition) is 1. The molecule has 1 aliphatic rings. The number of nitrogens with zero attached hydrogens (tertiary/aromatic N) is 3. The Bertz CT molecular complexity index is 754. The largest absolute Gasteiger partial charge is 0.367 e. The Morgan fingerprint density at radius 1 is 1.10 bits per heavy atom. The van der Waals surface area contributed by atoms with Crippen LogP contribution in [0.3, 0.4) is 0 Å². The quantitative estimate of drug-likeness (QED) is 0.784. The Morgan fingerprint density at radius 2 is 1.95 bits per heavy atom. The molecule has 1 aliphatic heterocycles. The molecule has 2 aromatic heterocycles. The zero-order valence-electron chi connectivity index (χ0n) is 11.4. The maximum atomic E-state index is 4.75. The first-order valence-electron chi connectivity index (χ1n) is 6.83. The van der Waals surface area contributed by atoms with Gasteiger partial charge in [0.05, 0.1) is 6.67 Å². The SMILES string of the molecule is c1ccc2c(c1)CN(c1csc(-c3ccncc3)n1)CN2. The van der Waals surface area contributed by atoms with Crippen LogP contribution in [0.1, 0.15) is 5.56 Å². The minimum absolute atomic E-state index is 0.788. The molecular formula is C16H14N4S. The van der Waals surface area contributed by atoms with Gasteiger partial charge in [-0.25, -0.2) is 4.98 Å². The van der Waals surface area contributed by atoms with Gasteiger partial charge in [0.15, 0.2) is 0 Å². The van der Waals surface area contributed by atoms with E-state index in [0.717, 1.165) is 29.6 Å². The molecule has 0 saturated carbocycles. The summed E-state index contributed by atoms with van der Waals surface area (Å²) < 4.78 is 0. The molecule has 1 aromatic carbocycles. The second-order valence-corrected chi connectivity index (χ2v) is 5.79. The fourth-order valence-electron chi connectivity index (χ4n) is 2.47. The van der Waals surface area contributed by atoms with Gasteiger partial charge in [0, 0.05) is 35.6 Å². The second kappa shape index (κ2) is 5.18. The second-order valence-electron chi connectivity index (χ2n) is 4.94. The lowest BCUT2D eigenvalue weighted by molar-refractivity contribution is 0.798. The van der Waals surface area contributed by atoms with Crippen molar-refractivity contribution in [2.24, 2.45) is 0 Å². The van der Waals surface area contributed by atoms with Gasteiger partial charge in [0.1, 0.15) is 10.8 Å². The number of hydrogen-bond acceptors (Lipinski definition) is 5. The third-order valence-corrected chi connectivity index (χ3v) is 4.46. The smallest absolute Gasteiger partial charge is 0.142 e. The molecule has 21 heavy (non-hydrogen) atoms. The van der Waals surface area contributed by atoms with E-state index in [4.69, 9.17) is 4.98 Å². The van der Waals surface area contributed by atoms with Crippen LogP contribution in [0.2, 0.25) is 0 Å². The van der Waals surface area contributed by atoms with Crippen molar-refractivity contribution < 1.29 is 0 Å². The zero-order valence-corrected chi connectivity index (χ0v) is 12.2. The summed E-state index contributed by atoms with van der Waals surface area (Å²) >= 11 is 1.67. The highest BCUT2D eigenvalue weighted by atomic mass is 32.1. The van der Waals surface area contributed by atoms with Crippen LogP contribution in [0.4, 0.5) is 11.5 Å². The van der Waals surface area contributed by atoms with E-state index >= 15 is 0 Å². The molecule has 5 heteroatoms. The first-order chi connectivity index (χ1) is 10.4. The maximum Gasteiger partial charge on any atom is 0.142 e. The molecule has 0 amide bonds. The lowest BCUT2D eigenvalue weighted by Crippen LogP contribution is -2.33. The number of thiazole rings is 1. The minimum atomic E-state index is 0.788. The molecule has 0 fully saturated rings. The van der Waals surface area contributed by atoms with Gasteiger partial charge in [-0.3, -0.25) is 4.98 Å². The number of nitrogens with one attached hydrogen (secondary N) is 1. The van der Waals surface area contributed by atoms with Crippen LogP contribution >= 0.6 is 11.3 Å². The van der Waals surface area contributed by atoms with E-state index in [1.165, 1.54) is 11.3 Å².